The van der Waals surface area contributed by atoms with Crippen LogP contribution in [0, 0.1) is 5.92 Å². The zero-order valence-electron chi connectivity index (χ0n) is 18.4. The van der Waals surface area contributed by atoms with Crippen LogP contribution in [0.4, 0.5) is 11.4 Å². The van der Waals surface area contributed by atoms with Crippen LogP contribution >= 0.6 is 0 Å². The third-order valence-corrected chi connectivity index (χ3v) is 8.77. The average molecular weight is 451 g/mol. The van der Waals surface area contributed by atoms with Gasteiger partial charge in [0.05, 0.1) is 11.7 Å². The van der Waals surface area contributed by atoms with Gasteiger partial charge in [0.1, 0.15) is 0 Å². The van der Waals surface area contributed by atoms with E-state index in [9.17, 15) is 13.2 Å². The summed E-state index contributed by atoms with van der Waals surface area (Å²) in [7, 11) is -3.10. The predicted molar refractivity (Wildman–Crippen MR) is 122 cm³/mol. The number of nitrogens with zero attached hydrogens (tertiary/aromatic N) is 2. The number of piperazine rings is 1. The second-order valence-electron chi connectivity index (χ2n) is 9.11. The van der Waals surface area contributed by atoms with Gasteiger partial charge in [0.2, 0.25) is 10.0 Å². The third-order valence-electron chi connectivity index (χ3n) is 6.89. The van der Waals surface area contributed by atoms with Crippen molar-refractivity contribution in [1.82, 2.24) is 9.62 Å². The Kier molecular flexibility index (Phi) is 6.86. The first-order chi connectivity index (χ1) is 14.9. The van der Waals surface area contributed by atoms with Crippen LogP contribution in [0.3, 0.4) is 0 Å². The lowest BCUT2D eigenvalue weighted by Crippen LogP contribution is -2.65. The standard InChI is InChI=1S/C22H35N5O3S/c1-2-31(29,30)27-13-11-26(12-14-27)19-8-5-16(6-9-19)24-18-7-10-20(22(23)28)21(15-18)25-17-3-4-17/h5-6,8-9,17-18,20-21,24-25H,2-4,7,10-15H2,1H3,(H2,23,28)/p+1. The van der Waals surface area contributed by atoms with E-state index in [2.05, 4.69) is 45.5 Å². The summed E-state index contributed by atoms with van der Waals surface area (Å²) >= 11 is 0. The molecule has 1 saturated heterocycles. The molecule has 2 saturated carbocycles. The van der Waals surface area contributed by atoms with Gasteiger partial charge in [0.25, 0.3) is 0 Å². The molecular weight excluding hydrogens is 414 g/mol. The van der Waals surface area contributed by atoms with Gasteiger partial charge in [0, 0.05) is 55.7 Å². The second kappa shape index (κ2) is 9.44. The van der Waals surface area contributed by atoms with Crippen LogP contribution < -0.4 is 21.3 Å². The van der Waals surface area contributed by atoms with Gasteiger partial charge in [-0.1, -0.05) is 0 Å². The first-order valence-corrected chi connectivity index (χ1v) is 13.2. The molecule has 3 aliphatic rings. The van der Waals surface area contributed by atoms with E-state index in [4.69, 9.17) is 0 Å². The van der Waals surface area contributed by atoms with Crippen molar-refractivity contribution in [2.24, 2.45) is 5.92 Å². The number of anilines is 2. The molecule has 1 heterocycles. The Morgan fingerprint density at radius 1 is 1.03 bits per heavy atom. The summed E-state index contributed by atoms with van der Waals surface area (Å²) in [5.41, 5.74) is 5.90. The Hall–Kier alpha value is -1.68. The number of quaternary nitrogens is 1. The fraction of sp³-hybridized carbons (Fsp3) is 0.682. The number of carbonyl (C=O) groups is 1. The molecule has 5 N–H and O–H groups in total. The number of amides is 1. The van der Waals surface area contributed by atoms with Crippen molar-refractivity contribution in [1.29, 1.82) is 0 Å². The van der Waals surface area contributed by atoms with Gasteiger partial charge in [-0.2, -0.15) is 4.31 Å². The molecule has 2 aliphatic carbocycles. The number of hydrogen-bond acceptors (Lipinski definition) is 6. The van der Waals surface area contributed by atoms with Crippen molar-refractivity contribution in [3.05, 3.63) is 24.3 Å². The van der Waals surface area contributed by atoms with Crippen LogP contribution in [0.5, 0.6) is 0 Å². The molecule has 1 aliphatic heterocycles. The number of rotatable bonds is 8. The lowest BCUT2D eigenvalue weighted by atomic mass is 9.81. The maximum Gasteiger partial charge on any atom is 0.313 e. The predicted octanol–water partition coefficient (Wildman–Crippen LogP) is 0.628. The van der Waals surface area contributed by atoms with Gasteiger partial charge in [-0.3, -0.25) is 5.73 Å². The highest BCUT2D eigenvalue weighted by atomic mass is 32.2. The molecule has 8 nitrogen and oxygen atoms in total. The Labute approximate surface area is 185 Å². The van der Waals surface area contributed by atoms with Crippen molar-refractivity contribution in [2.45, 2.75) is 57.2 Å². The molecule has 0 bridgehead atoms. The maximum absolute atomic E-state index is 12.0. The van der Waals surface area contributed by atoms with Gasteiger partial charge in [0.15, 0.2) is 0 Å². The highest BCUT2D eigenvalue weighted by Gasteiger charge is 2.38. The smallest absolute Gasteiger partial charge is 0.313 e. The van der Waals surface area contributed by atoms with E-state index < -0.39 is 10.0 Å². The summed E-state index contributed by atoms with van der Waals surface area (Å²) in [4.78, 5) is 14.2. The summed E-state index contributed by atoms with van der Waals surface area (Å²) in [6.07, 6.45) is 5.23. The molecule has 0 radical (unpaired) electrons. The Bertz CT molecular complexity index is 864. The monoisotopic (exact) mass is 450 g/mol. The highest BCUT2D eigenvalue weighted by Crippen LogP contribution is 2.30. The Morgan fingerprint density at radius 2 is 1.68 bits per heavy atom. The molecule has 172 valence electrons. The third kappa shape index (κ3) is 5.58. The lowest BCUT2D eigenvalue weighted by molar-refractivity contribution is -0.313. The first-order valence-electron chi connectivity index (χ1n) is 11.6. The van der Waals surface area contributed by atoms with E-state index in [1.165, 1.54) is 12.8 Å². The molecule has 3 unspecified atom stereocenters. The van der Waals surface area contributed by atoms with E-state index >= 15 is 0 Å². The van der Waals surface area contributed by atoms with Crippen molar-refractivity contribution < 1.29 is 18.9 Å². The summed E-state index contributed by atoms with van der Waals surface area (Å²) in [6.45, 7) is 4.20. The van der Waals surface area contributed by atoms with Crippen LogP contribution in [0.1, 0.15) is 39.0 Å². The van der Waals surface area contributed by atoms with Gasteiger partial charge in [-0.15, -0.1) is 0 Å². The van der Waals surface area contributed by atoms with Gasteiger partial charge >= 0.3 is 5.91 Å². The van der Waals surface area contributed by atoms with Crippen molar-refractivity contribution in [3.8, 4) is 0 Å². The normalized spacial score (nSPS) is 27.8. The minimum Gasteiger partial charge on any atom is -0.382 e. The van der Waals surface area contributed by atoms with Crippen LogP contribution in [0.2, 0.25) is 0 Å². The minimum absolute atomic E-state index is 0.0382. The molecule has 3 fully saturated rings. The summed E-state index contributed by atoms with van der Waals surface area (Å²) in [6, 6.07) is 9.57. The van der Waals surface area contributed by atoms with Crippen LogP contribution in [0.15, 0.2) is 24.3 Å². The second-order valence-corrected chi connectivity index (χ2v) is 11.4. The molecule has 3 atom stereocenters. The zero-order chi connectivity index (χ0) is 22.0. The molecule has 0 spiro atoms. The summed E-state index contributed by atoms with van der Waals surface area (Å²) in [5.74, 6) is 0.263. The quantitative estimate of drug-likeness (QED) is 0.536. The molecule has 1 amide bonds. The van der Waals surface area contributed by atoms with Gasteiger partial charge in [-0.05, 0) is 63.3 Å². The molecule has 1 aromatic rings. The Balaban J connectivity index is 1.31. The minimum atomic E-state index is -3.10. The largest absolute Gasteiger partial charge is 0.382 e. The van der Waals surface area contributed by atoms with Gasteiger partial charge in [-0.25, -0.2) is 13.2 Å². The number of benzene rings is 1. The SMILES string of the molecule is CCS(=O)(=O)N1CCN(c2ccc(NC3CCC(C([NH3+])=O)C(NC4CC4)C3)cc2)CC1. The fourth-order valence-corrected chi connectivity index (χ4v) is 5.92. The van der Waals surface area contributed by atoms with Crippen LogP contribution in [-0.2, 0) is 14.8 Å². The van der Waals surface area contributed by atoms with E-state index in [1.54, 1.807) is 11.2 Å². The lowest BCUT2D eigenvalue weighted by Gasteiger charge is -2.36. The van der Waals surface area contributed by atoms with Crippen LogP contribution in [-0.4, -0.2) is 68.7 Å². The highest BCUT2D eigenvalue weighted by molar-refractivity contribution is 7.89. The summed E-state index contributed by atoms with van der Waals surface area (Å²) in [5, 5.41) is 7.31. The van der Waals surface area contributed by atoms with Gasteiger partial charge < -0.3 is 15.5 Å². The van der Waals surface area contributed by atoms with E-state index in [1.807, 2.05) is 0 Å². The molecule has 9 heteroatoms. The van der Waals surface area contributed by atoms with Crippen molar-refractivity contribution >= 4 is 27.3 Å². The van der Waals surface area contributed by atoms with E-state index in [0.717, 1.165) is 30.6 Å². The molecule has 1 aromatic carbocycles. The Morgan fingerprint density at radius 3 is 2.26 bits per heavy atom. The molecule has 0 aromatic heterocycles. The van der Waals surface area contributed by atoms with E-state index in [-0.39, 0.29) is 23.6 Å². The molecule has 31 heavy (non-hydrogen) atoms. The zero-order valence-corrected chi connectivity index (χ0v) is 19.2. The van der Waals surface area contributed by atoms with Crippen LogP contribution in [0.25, 0.3) is 0 Å². The van der Waals surface area contributed by atoms with Crippen molar-refractivity contribution in [2.75, 3.05) is 42.1 Å². The first kappa shape index (κ1) is 22.5. The average Bonchev–Trinajstić information content (AvgIpc) is 3.58. The number of carbonyl (C=O) groups excluding carboxylic acids is 1. The number of nitrogens with one attached hydrogen (secondary N) is 2. The summed E-state index contributed by atoms with van der Waals surface area (Å²) < 4.78 is 25.7. The number of hydrogen-bond donors (Lipinski definition) is 3. The topological polar surface area (TPSA) is 109 Å². The van der Waals surface area contributed by atoms with E-state index in [0.29, 0.717) is 38.3 Å². The van der Waals surface area contributed by atoms with Crippen molar-refractivity contribution in [3.63, 3.8) is 0 Å². The fourth-order valence-electron chi connectivity index (χ4n) is 4.84. The number of sulfonamides is 1. The molecular formula is C22H36N5O3S+. The molecule has 4 rings (SSSR count). The maximum atomic E-state index is 12.0.